The zero-order valence-electron chi connectivity index (χ0n) is 11.4. The van der Waals surface area contributed by atoms with Gasteiger partial charge in [0.25, 0.3) is 5.91 Å². The molecule has 1 unspecified atom stereocenters. The average molecular weight is 317 g/mol. The van der Waals surface area contributed by atoms with E-state index in [2.05, 4.69) is 0 Å². The molecule has 1 heterocycles. The fourth-order valence-corrected chi connectivity index (χ4v) is 2.85. The van der Waals surface area contributed by atoms with Crippen LogP contribution in [-0.4, -0.2) is 36.6 Å². The first-order valence-corrected chi connectivity index (χ1v) is 7.44. The number of carbonyl (C=O) groups is 1. The summed E-state index contributed by atoms with van der Waals surface area (Å²) < 4.78 is 5.60. The van der Waals surface area contributed by atoms with E-state index in [0.29, 0.717) is 36.0 Å². The highest BCUT2D eigenvalue weighted by Crippen LogP contribution is 2.30. The fraction of sp³-hybridized carbons (Fsp3) is 0.500. The van der Waals surface area contributed by atoms with Gasteiger partial charge < -0.3 is 15.4 Å². The van der Waals surface area contributed by atoms with Gasteiger partial charge in [-0.15, -0.1) is 0 Å². The lowest BCUT2D eigenvalue weighted by atomic mass is 10.1. The van der Waals surface area contributed by atoms with E-state index in [1.54, 1.807) is 17.0 Å². The number of amides is 1. The van der Waals surface area contributed by atoms with Gasteiger partial charge in [0.15, 0.2) is 0 Å². The Balaban J connectivity index is 2.19. The number of anilines is 1. The fourth-order valence-electron chi connectivity index (χ4n) is 2.43. The number of likely N-dealkylation sites (tertiary alicyclic amines) is 1. The first-order chi connectivity index (χ1) is 9.52. The van der Waals surface area contributed by atoms with Crippen molar-refractivity contribution < 1.29 is 9.53 Å². The summed E-state index contributed by atoms with van der Waals surface area (Å²) >= 11 is 12.1. The smallest absolute Gasteiger partial charge is 0.255 e. The molecule has 0 bridgehead atoms. The summed E-state index contributed by atoms with van der Waals surface area (Å²) in [6.07, 6.45) is 1.99. The summed E-state index contributed by atoms with van der Waals surface area (Å²) in [4.78, 5) is 14.3. The zero-order chi connectivity index (χ0) is 14.7. The van der Waals surface area contributed by atoms with E-state index in [-0.39, 0.29) is 17.0 Å². The van der Waals surface area contributed by atoms with Gasteiger partial charge in [-0.05, 0) is 31.9 Å². The van der Waals surface area contributed by atoms with Gasteiger partial charge in [0.1, 0.15) is 0 Å². The first kappa shape index (κ1) is 15.4. The highest BCUT2D eigenvalue weighted by atomic mass is 35.5. The molecule has 2 rings (SSSR count). The standard InChI is InChI=1S/C14H18Cl2N2O2/c1-2-20-10-4-3-5-18(8-10)14(19)11-6-9(17)7-12(15)13(11)16/h6-7,10H,2-5,8,17H2,1H3. The molecule has 6 heteroatoms. The molecule has 110 valence electrons. The molecule has 0 spiro atoms. The van der Waals surface area contributed by atoms with E-state index in [4.69, 9.17) is 33.7 Å². The number of halogens is 2. The monoisotopic (exact) mass is 316 g/mol. The van der Waals surface area contributed by atoms with Crippen LogP contribution in [0.25, 0.3) is 0 Å². The van der Waals surface area contributed by atoms with Crippen molar-refractivity contribution in [3.05, 3.63) is 27.7 Å². The van der Waals surface area contributed by atoms with Crippen LogP contribution in [0.1, 0.15) is 30.1 Å². The highest BCUT2D eigenvalue weighted by Gasteiger charge is 2.26. The van der Waals surface area contributed by atoms with Gasteiger partial charge in [-0.2, -0.15) is 0 Å². The van der Waals surface area contributed by atoms with E-state index in [1.807, 2.05) is 6.92 Å². The number of ether oxygens (including phenoxy) is 1. The molecule has 1 aliphatic heterocycles. The molecule has 0 aromatic heterocycles. The Hall–Kier alpha value is -0.970. The van der Waals surface area contributed by atoms with Crippen LogP contribution in [0.4, 0.5) is 5.69 Å². The Kier molecular flexibility index (Phi) is 5.13. The molecular formula is C14H18Cl2N2O2. The van der Waals surface area contributed by atoms with Crippen LogP contribution < -0.4 is 5.73 Å². The molecule has 0 aliphatic carbocycles. The lowest BCUT2D eigenvalue weighted by Gasteiger charge is -2.32. The molecule has 1 saturated heterocycles. The number of nitrogens with two attached hydrogens (primary N) is 1. The van der Waals surface area contributed by atoms with Gasteiger partial charge in [0.2, 0.25) is 0 Å². The van der Waals surface area contributed by atoms with Crippen LogP contribution in [0.15, 0.2) is 12.1 Å². The lowest BCUT2D eigenvalue weighted by Crippen LogP contribution is -2.43. The topological polar surface area (TPSA) is 55.6 Å². The maximum atomic E-state index is 12.5. The van der Waals surface area contributed by atoms with Crippen LogP contribution in [0.5, 0.6) is 0 Å². The molecule has 1 aromatic rings. The number of nitrogens with zero attached hydrogens (tertiary/aromatic N) is 1. The van der Waals surface area contributed by atoms with Gasteiger partial charge in [0.05, 0.1) is 21.7 Å². The number of benzene rings is 1. The average Bonchev–Trinajstić information content (AvgIpc) is 2.43. The molecule has 20 heavy (non-hydrogen) atoms. The predicted octanol–water partition coefficient (Wildman–Crippen LogP) is 3.22. The number of hydrogen-bond donors (Lipinski definition) is 1. The summed E-state index contributed by atoms with van der Waals surface area (Å²) in [5.41, 5.74) is 6.52. The van der Waals surface area contributed by atoms with Crippen LogP contribution in [-0.2, 0) is 4.74 Å². The molecule has 4 nitrogen and oxygen atoms in total. The Labute approximate surface area is 128 Å². The summed E-state index contributed by atoms with van der Waals surface area (Å²) in [6.45, 7) is 3.88. The van der Waals surface area contributed by atoms with Crippen molar-refractivity contribution in [2.75, 3.05) is 25.4 Å². The molecule has 0 radical (unpaired) electrons. The zero-order valence-corrected chi connectivity index (χ0v) is 12.9. The molecule has 1 aromatic carbocycles. The molecule has 0 saturated carbocycles. The molecule has 1 fully saturated rings. The van der Waals surface area contributed by atoms with E-state index >= 15 is 0 Å². The maximum absolute atomic E-state index is 12.5. The van der Waals surface area contributed by atoms with Crippen LogP contribution in [0.3, 0.4) is 0 Å². The largest absolute Gasteiger partial charge is 0.399 e. The minimum atomic E-state index is -0.145. The van der Waals surface area contributed by atoms with E-state index < -0.39 is 0 Å². The maximum Gasteiger partial charge on any atom is 0.255 e. The summed E-state index contributed by atoms with van der Waals surface area (Å²) in [6, 6.07) is 3.11. The number of hydrogen-bond acceptors (Lipinski definition) is 3. The minimum absolute atomic E-state index is 0.0907. The molecular weight excluding hydrogens is 299 g/mol. The normalized spacial score (nSPS) is 19.1. The van der Waals surface area contributed by atoms with Crippen molar-refractivity contribution >= 4 is 34.8 Å². The Bertz CT molecular complexity index is 506. The predicted molar refractivity (Wildman–Crippen MR) is 81.4 cm³/mol. The molecule has 1 amide bonds. The van der Waals surface area contributed by atoms with Crippen molar-refractivity contribution in [2.45, 2.75) is 25.9 Å². The second-order valence-electron chi connectivity index (χ2n) is 4.84. The quantitative estimate of drug-likeness (QED) is 0.871. The first-order valence-electron chi connectivity index (χ1n) is 6.68. The van der Waals surface area contributed by atoms with Gasteiger partial charge in [-0.25, -0.2) is 0 Å². The second-order valence-corrected chi connectivity index (χ2v) is 5.62. The number of nitrogen functional groups attached to an aromatic ring is 1. The third-order valence-electron chi connectivity index (χ3n) is 3.35. The van der Waals surface area contributed by atoms with Crippen molar-refractivity contribution in [1.82, 2.24) is 4.90 Å². The van der Waals surface area contributed by atoms with E-state index in [9.17, 15) is 4.79 Å². The Morgan fingerprint density at radius 3 is 2.95 bits per heavy atom. The molecule has 1 aliphatic rings. The number of carbonyl (C=O) groups excluding carboxylic acids is 1. The molecule has 2 N–H and O–H groups in total. The summed E-state index contributed by atoms with van der Waals surface area (Å²) in [5.74, 6) is -0.145. The van der Waals surface area contributed by atoms with Gasteiger partial charge in [0, 0.05) is 25.4 Å². The van der Waals surface area contributed by atoms with Crippen LogP contribution in [0.2, 0.25) is 10.0 Å². The highest BCUT2D eigenvalue weighted by molar-refractivity contribution is 6.44. The Morgan fingerprint density at radius 2 is 2.25 bits per heavy atom. The molecule has 1 atom stereocenters. The number of rotatable bonds is 3. The summed E-state index contributed by atoms with van der Waals surface area (Å²) in [5, 5.41) is 0.554. The minimum Gasteiger partial charge on any atom is -0.399 e. The lowest BCUT2D eigenvalue weighted by molar-refractivity contribution is 0.00725. The van der Waals surface area contributed by atoms with E-state index in [1.165, 1.54) is 0 Å². The van der Waals surface area contributed by atoms with Crippen molar-refractivity contribution in [3.63, 3.8) is 0 Å². The third kappa shape index (κ3) is 3.37. The third-order valence-corrected chi connectivity index (χ3v) is 4.15. The van der Waals surface area contributed by atoms with Crippen molar-refractivity contribution in [3.8, 4) is 0 Å². The number of piperidine rings is 1. The second kappa shape index (κ2) is 6.66. The van der Waals surface area contributed by atoms with Crippen LogP contribution in [0, 0.1) is 0 Å². The van der Waals surface area contributed by atoms with Crippen LogP contribution >= 0.6 is 23.2 Å². The van der Waals surface area contributed by atoms with Gasteiger partial charge in [-0.3, -0.25) is 4.79 Å². The summed E-state index contributed by atoms with van der Waals surface area (Å²) in [7, 11) is 0. The Morgan fingerprint density at radius 1 is 1.50 bits per heavy atom. The SMILES string of the molecule is CCOC1CCCN(C(=O)c2cc(N)cc(Cl)c2Cl)C1. The van der Waals surface area contributed by atoms with Gasteiger partial charge in [-0.1, -0.05) is 23.2 Å². The van der Waals surface area contributed by atoms with E-state index in [0.717, 1.165) is 12.8 Å². The van der Waals surface area contributed by atoms with Gasteiger partial charge >= 0.3 is 0 Å². The van der Waals surface area contributed by atoms with Crippen molar-refractivity contribution in [2.24, 2.45) is 0 Å². The van der Waals surface area contributed by atoms with Crippen molar-refractivity contribution in [1.29, 1.82) is 0 Å².